The van der Waals surface area contributed by atoms with Gasteiger partial charge in [-0.3, -0.25) is 4.79 Å². The number of anilines is 1. The van der Waals surface area contributed by atoms with Crippen LogP contribution in [0.5, 0.6) is 0 Å². The number of para-hydroxylation sites is 1. The van der Waals surface area contributed by atoms with Gasteiger partial charge in [0.1, 0.15) is 0 Å². The van der Waals surface area contributed by atoms with Crippen LogP contribution in [0.3, 0.4) is 0 Å². The Bertz CT molecular complexity index is 450. The summed E-state index contributed by atoms with van der Waals surface area (Å²) < 4.78 is 0. The van der Waals surface area contributed by atoms with Gasteiger partial charge in [-0.05, 0) is 25.0 Å². The van der Waals surface area contributed by atoms with Crippen molar-refractivity contribution in [2.75, 3.05) is 12.3 Å². The first-order valence-electron chi connectivity index (χ1n) is 7.00. The zero-order valence-corrected chi connectivity index (χ0v) is 11.3. The van der Waals surface area contributed by atoms with Gasteiger partial charge in [0.25, 0.3) is 5.91 Å². The summed E-state index contributed by atoms with van der Waals surface area (Å²) in [5.74, 6) is 0.0323. The summed E-state index contributed by atoms with van der Waals surface area (Å²) in [5, 5.41) is 0. The molecule has 1 amide bonds. The maximum absolute atomic E-state index is 12.7. The molecule has 1 aliphatic carbocycles. The molecule has 0 unspecified atom stereocenters. The number of carbonyl (C=O) groups excluding carboxylic acids is 1. The Morgan fingerprint density at radius 1 is 1.32 bits per heavy atom. The van der Waals surface area contributed by atoms with E-state index < -0.39 is 0 Å². The third-order valence-corrected chi connectivity index (χ3v) is 3.79. The van der Waals surface area contributed by atoms with E-state index in [-0.39, 0.29) is 5.91 Å². The second-order valence-electron chi connectivity index (χ2n) is 5.13. The molecule has 19 heavy (non-hydrogen) atoms. The molecule has 0 aliphatic heterocycles. The third-order valence-electron chi connectivity index (χ3n) is 3.79. The van der Waals surface area contributed by atoms with Crippen molar-refractivity contribution < 1.29 is 4.79 Å². The van der Waals surface area contributed by atoms with E-state index in [1.54, 1.807) is 18.2 Å². The van der Waals surface area contributed by atoms with Gasteiger partial charge in [-0.2, -0.15) is 0 Å². The Balaban J connectivity index is 2.20. The number of rotatable bonds is 4. The van der Waals surface area contributed by atoms with Crippen LogP contribution in [0.25, 0.3) is 0 Å². The van der Waals surface area contributed by atoms with Crippen LogP contribution in [0.4, 0.5) is 5.69 Å². The first-order valence-corrected chi connectivity index (χ1v) is 7.00. The van der Waals surface area contributed by atoms with Gasteiger partial charge in [0.15, 0.2) is 0 Å². The van der Waals surface area contributed by atoms with Crippen LogP contribution < -0.4 is 5.73 Å². The molecule has 0 aromatic heterocycles. The van der Waals surface area contributed by atoms with Crippen molar-refractivity contribution in [3.63, 3.8) is 0 Å². The molecule has 102 valence electrons. The molecule has 3 heteroatoms. The monoisotopic (exact) mass is 258 g/mol. The molecule has 0 radical (unpaired) electrons. The van der Waals surface area contributed by atoms with Crippen molar-refractivity contribution >= 4 is 11.6 Å². The number of hydrogen-bond acceptors (Lipinski definition) is 2. The molecule has 1 aliphatic rings. The molecule has 2 N–H and O–H groups in total. The minimum atomic E-state index is 0.0323. The zero-order valence-electron chi connectivity index (χ0n) is 11.3. The van der Waals surface area contributed by atoms with E-state index in [0.717, 1.165) is 12.8 Å². The van der Waals surface area contributed by atoms with E-state index >= 15 is 0 Å². The number of amides is 1. The van der Waals surface area contributed by atoms with Gasteiger partial charge in [0, 0.05) is 18.3 Å². The fraction of sp³-hybridized carbons (Fsp3) is 0.438. The molecule has 0 spiro atoms. The van der Waals surface area contributed by atoms with Crippen LogP contribution in [0.15, 0.2) is 36.9 Å². The van der Waals surface area contributed by atoms with Crippen molar-refractivity contribution in [1.29, 1.82) is 0 Å². The summed E-state index contributed by atoms with van der Waals surface area (Å²) in [6.45, 7) is 4.36. The zero-order chi connectivity index (χ0) is 13.7. The number of benzene rings is 1. The first kappa shape index (κ1) is 13.7. The largest absolute Gasteiger partial charge is 0.398 e. The maximum Gasteiger partial charge on any atom is 0.256 e. The van der Waals surface area contributed by atoms with Crippen molar-refractivity contribution in [3.8, 4) is 0 Å². The van der Waals surface area contributed by atoms with Crippen molar-refractivity contribution in [1.82, 2.24) is 4.90 Å². The van der Waals surface area contributed by atoms with E-state index in [4.69, 9.17) is 5.73 Å². The van der Waals surface area contributed by atoms with Crippen LogP contribution in [0.1, 0.15) is 42.5 Å². The van der Waals surface area contributed by atoms with Crippen LogP contribution >= 0.6 is 0 Å². The van der Waals surface area contributed by atoms with E-state index in [1.807, 2.05) is 17.0 Å². The Kier molecular flexibility index (Phi) is 4.61. The molecule has 1 aromatic rings. The number of nitrogens with two attached hydrogens (primary N) is 1. The summed E-state index contributed by atoms with van der Waals surface area (Å²) >= 11 is 0. The summed E-state index contributed by atoms with van der Waals surface area (Å²) in [4.78, 5) is 14.6. The smallest absolute Gasteiger partial charge is 0.256 e. The highest BCUT2D eigenvalue weighted by molar-refractivity contribution is 5.99. The van der Waals surface area contributed by atoms with Gasteiger partial charge < -0.3 is 10.6 Å². The Morgan fingerprint density at radius 3 is 2.63 bits per heavy atom. The van der Waals surface area contributed by atoms with E-state index in [2.05, 4.69) is 6.58 Å². The molecule has 0 bridgehead atoms. The van der Waals surface area contributed by atoms with Crippen LogP contribution in [-0.2, 0) is 0 Å². The van der Waals surface area contributed by atoms with E-state index in [1.165, 1.54) is 19.3 Å². The predicted octanol–water partition coefficient (Wildman–Crippen LogP) is 3.23. The van der Waals surface area contributed by atoms with Crippen LogP contribution in [0.2, 0.25) is 0 Å². The van der Waals surface area contributed by atoms with Crippen LogP contribution in [0, 0.1) is 0 Å². The maximum atomic E-state index is 12.7. The highest BCUT2D eigenvalue weighted by Gasteiger charge is 2.26. The topological polar surface area (TPSA) is 46.3 Å². The summed E-state index contributed by atoms with van der Waals surface area (Å²) in [5.41, 5.74) is 7.07. The normalized spacial score (nSPS) is 16.0. The van der Waals surface area contributed by atoms with Gasteiger partial charge in [-0.15, -0.1) is 6.58 Å². The van der Waals surface area contributed by atoms with Crippen molar-refractivity contribution in [3.05, 3.63) is 42.5 Å². The molecule has 0 saturated heterocycles. The molecule has 0 atom stereocenters. The summed E-state index contributed by atoms with van der Waals surface area (Å²) in [6, 6.07) is 7.62. The third kappa shape index (κ3) is 3.16. The van der Waals surface area contributed by atoms with Gasteiger partial charge in [0.05, 0.1) is 5.56 Å². The lowest BCUT2D eigenvalue weighted by Crippen LogP contribution is -2.41. The standard InChI is InChI=1S/C16H22N2O/c1-2-12-18(13-8-4-3-5-9-13)16(19)14-10-6-7-11-15(14)17/h2,6-7,10-11,13H,1,3-5,8-9,12,17H2. The molecular formula is C16H22N2O. The van der Waals surface area contributed by atoms with Gasteiger partial charge in [-0.25, -0.2) is 0 Å². The minimum absolute atomic E-state index is 0.0323. The predicted molar refractivity (Wildman–Crippen MR) is 79.0 cm³/mol. The van der Waals surface area contributed by atoms with Crippen molar-refractivity contribution in [2.24, 2.45) is 0 Å². The Labute approximate surface area is 115 Å². The number of nitrogen functional groups attached to an aromatic ring is 1. The molecule has 1 saturated carbocycles. The lowest BCUT2D eigenvalue weighted by Gasteiger charge is -2.34. The SMILES string of the molecule is C=CCN(C(=O)c1ccccc1N)C1CCCCC1. The lowest BCUT2D eigenvalue weighted by atomic mass is 9.93. The average Bonchev–Trinajstić information content (AvgIpc) is 2.45. The number of carbonyl (C=O) groups is 1. The molecule has 1 aromatic carbocycles. The fourth-order valence-corrected chi connectivity index (χ4v) is 2.78. The second kappa shape index (κ2) is 6.41. The summed E-state index contributed by atoms with van der Waals surface area (Å²) in [6.07, 6.45) is 7.66. The van der Waals surface area contributed by atoms with Gasteiger partial charge >= 0.3 is 0 Å². The minimum Gasteiger partial charge on any atom is -0.398 e. The highest BCUT2D eigenvalue weighted by atomic mass is 16.2. The van der Waals surface area contributed by atoms with E-state index in [9.17, 15) is 4.79 Å². The highest BCUT2D eigenvalue weighted by Crippen LogP contribution is 2.25. The van der Waals surface area contributed by atoms with E-state index in [0.29, 0.717) is 23.8 Å². The quantitative estimate of drug-likeness (QED) is 0.665. The lowest BCUT2D eigenvalue weighted by molar-refractivity contribution is 0.0664. The number of hydrogen-bond donors (Lipinski definition) is 1. The van der Waals surface area contributed by atoms with Gasteiger partial charge in [-0.1, -0.05) is 37.5 Å². The van der Waals surface area contributed by atoms with Crippen molar-refractivity contribution in [2.45, 2.75) is 38.1 Å². The van der Waals surface area contributed by atoms with Gasteiger partial charge in [0.2, 0.25) is 0 Å². The Morgan fingerprint density at radius 2 is 2.00 bits per heavy atom. The molecule has 3 nitrogen and oxygen atoms in total. The second-order valence-corrected chi connectivity index (χ2v) is 5.13. The molecule has 2 rings (SSSR count). The summed E-state index contributed by atoms with van der Waals surface area (Å²) in [7, 11) is 0. The fourth-order valence-electron chi connectivity index (χ4n) is 2.78. The Hall–Kier alpha value is -1.77. The van der Waals surface area contributed by atoms with Crippen LogP contribution in [-0.4, -0.2) is 23.4 Å². The molecular weight excluding hydrogens is 236 g/mol. The first-order chi connectivity index (χ1) is 9.24. The average molecular weight is 258 g/mol. The molecule has 1 fully saturated rings. The molecule has 0 heterocycles. The number of nitrogens with zero attached hydrogens (tertiary/aromatic N) is 1.